The molecular weight excluding hydrogens is 210 g/mol. The first-order valence-electron chi connectivity index (χ1n) is 5.31. The van der Waals surface area contributed by atoms with E-state index in [1.54, 1.807) is 6.92 Å². The van der Waals surface area contributed by atoms with Crippen LogP contribution in [0.4, 0.5) is 0 Å². The first kappa shape index (κ1) is 11.1. The van der Waals surface area contributed by atoms with Crippen LogP contribution in [0.15, 0.2) is 4.42 Å². The van der Waals surface area contributed by atoms with Gasteiger partial charge in [-0.05, 0) is 19.4 Å². The monoisotopic (exact) mass is 225 g/mol. The Bertz CT molecular complexity index is 377. The maximum Gasteiger partial charge on any atom is 0.323 e. The van der Waals surface area contributed by atoms with Crippen LogP contribution in [-0.4, -0.2) is 40.8 Å². The SMILES string of the molecule is COC(=O)C1CCCN1Cc1nnc(C)o1. The fraction of sp³-hybridized carbons (Fsp3) is 0.700. The van der Waals surface area contributed by atoms with E-state index in [2.05, 4.69) is 10.2 Å². The van der Waals surface area contributed by atoms with Gasteiger partial charge in [-0.15, -0.1) is 10.2 Å². The van der Waals surface area contributed by atoms with E-state index in [1.807, 2.05) is 4.90 Å². The van der Waals surface area contributed by atoms with Crippen molar-refractivity contribution in [2.75, 3.05) is 13.7 Å². The Morgan fingerprint density at radius 3 is 3.06 bits per heavy atom. The smallest absolute Gasteiger partial charge is 0.323 e. The summed E-state index contributed by atoms with van der Waals surface area (Å²) in [5, 5.41) is 7.68. The number of ether oxygens (including phenoxy) is 1. The Morgan fingerprint density at radius 2 is 2.44 bits per heavy atom. The van der Waals surface area contributed by atoms with Crippen molar-refractivity contribution in [3.63, 3.8) is 0 Å². The van der Waals surface area contributed by atoms with Crippen LogP contribution >= 0.6 is 0 Å². The van der Waals surface area contributed by atoms with Gasteiger partial charge in [0.1, 0.15) is 6.04 Å². The van der Waals surface area contributed by atoms with Gasteiger partial charge in [-0.3, -0.25) is 9.69 Å². The van der Waals surface area contributed by atoms with Gasteiger partial charge in [-0.25, -0.2) is 0 Å². The summed E-state index contributed by atoms with van der Waals surface area (Å²) < 4.78 is 10.1. The summed E-state index contributed by atoms with van der Waals surface area (Å²) in [6, 6.07) is -0.169. The molecule has 0 radical (unpaired) electrons. The molecule has 1 fully saturated rings. The lowest BCUT2D eigenvalue weighted by molar-refractivity contribution is -0.146. The summed E-state index contributed by atoms with van der Waals surface area (Å²) in [5.74, 6) is 0.908. The highest BCUT2D eigenvalue weighted by Gasteiger charge is 2.32. The van der Waals surface area contributed by atoms with Crippen LogP contribution in [0.25, 0.3) is 0 Å². The molecule has 1 aliphatic rings. The van der Waals surface area contributed by atoms with Gasteiger partial charge in [-0.1, -0.05) is 0 Å². The van der Waals surface area contributed by atoms with Crippen LogP contribution in [0, 0.1) is 6.92 Å². The Balaban J connectivity index is 2.01. The second-order valence-electron chi connectivity index (χ2n) is 3.87. The van der Waals surface area contributed by atoms with Crippen LogP contribution in [0.5, 0.6) is 0 Å². The highest BCUT2D eigenvalue weighted by Crippen LogP contribution is 2.20. The molecule has 0 aromatic carbocycles. The predicted molar refractivity (Wildman–Crippen MR) is 54.5 cm³/mol. The number of rotatable bonds is 3. The third-order valence-electron chi connectivity index (χ3n) is 2.74. The third kappa shape index (κ3) is 2.21. The van der Waals surface area contributed by atoms with Crippen molar-refractivity contribution in [3.05, 3.63) is 11.8 Å². The van der Waals surface area contributed by atoms with Crippen molar-refractivity contribution in [3.8, 4) is 0 Å². The summed E-state index contributed by atoms with van der Waals surface area (Å²) >= 11 is 0. The van der Waals surface area contributed by atoms with E-state index < -0.39 is 0 Å². The minimum Gasteiger partial charge on any atom is -0.468 e. The molecule has 0 N–H and O–H groups in total. The topological polar surface area (TPSA) is 68.5 Å². The molecule has 1 aromatic heterocycles. The molecule has 0 amide bonds. The van der Waals surface area contributed by atoms with Crippen molar-refractivity contribution in [1.29, 1.82) is 0 Å². The average molecular weight is 225 g/mol. The van der Waals surface area contributed by atoms with Crippen LogP contribution in [0.3, 0.4) is 0 Å². The summed E-state index contributed by atoms with van der Waals surface area (Å²) in [7, 11) is 1.41. The highest BCUT2D eigenvalue weighted by atomic mass is 16.5. The Kier molecular flexibility index (Phi) is 3.19. The first-order valence-corrected chi connectivity index (χ1v) is 5.31. The van der Waals surface area contributed by atoms with Crippen molar-refractivity contribution in [2.45, 2.75) is 32.4 Å². The van der Waals surface area contributed by atoms with Crippen molar-refractivity contribution in [1.82, 2.24) is 15.1 Å². The number of carbonyl (C=O) groups excluding carboxylic acids is 1. The van der Waals surface area contributed by atoms with E-state index in [9.17, 15) is 4.79 Å². The van der Waals surface area contributed by atoms with Crippen molar-refractivity contribution >= 4 is 5.97 Å². The lowest BCUT2D eigenvalue weighted by Crippen LogP contribution is -2.36. The maximum absolute atomic E-state index is 11.5. The Morgan fingerprint density at radius 1 is 1.62 bits per heavy atom. The number of hydrogen-bond acceptors (Lipinski definition) is 6. The molecule has 1 unspecified atom stereocenters. The molecule has 2 heterocycles. The number of hydrogen-bond donors (Lipinski definition) is 0. The van der Waals surface area contributed by atoms with Crippen molar-refractivity contribution < 1.29 is 13.9 Å². The average Bonchev–Trinajstić information content (AvgIpc) is 2.87. The fourth-order valence-electron chi connectivity index (χ4n) is 1.99. The third-order valence-corrected chi connectivity index (χ3v) is 2.74. The van der Waals surface area contributed by atoms with E-state index in [0.29, 0.717) is 18.3 Å². The zero-order valence-corrected chi connectivity index (χ0v) is 9.47. The van der Waals surface area contributed by atoms with E-state index in [4.69, 9.17) is 9.15 Å². The standard InChI is InChI=1S/C10H15N3O3/c1-7-11-12-9(16-7)6-13-5-3-4-8(13)10(14)15-2/h8H,3-6H2,1-2H3. The summed E-state index contributed by atoms with van der Waals surface area (Å²) in [4.78, 5) is 13.5. The van der Waals surface area contributed by atoms with Gasteiger partial charge in [0.2, 0.25) is 11.8 Å². The van der Waals surface area contributed by atoms with E-state index >= 15 is 0 Å². The molecule has 1 saturated heterocycles. The number of methoxy groups -OCH3 is 1. The molecule has 2 rings (SSSR count). The fourth-order valence-corrected chi connectivity index (χ4v) is 1.99. The molecule has 6 heteroatoms. The number of nitrogens with zero attached hydrogens (tertiary/aromatic N) is 3. The van der Waals surface area contributed by atoms with Gasteiger partial charge in [0.05, 0.1) is 13.7 Å². The number of likely N-dealkylation sites (tertiary alicyclic amines) is 1. The molecule has 1 aliphatic heterocycles. The van der Waals surface area contributed by atoms with Gasteiger partial charge in [-0.2, -0.15) is 0 Å². The molecule has 0 spiro atoms. The van der Waals surface area contributed by atoms with Gasteiger partial charge in [0, 0.05) is 6.92 Å². The van der Waals surface area contributed by atoms with Crippen molar-refractivity contribution in [2.24, 2.45) is 0 Å². The normalized spacial score (nSPS) is 21.2. The zero-order chi connectivity index (χ0) is 11.5. The minimum atomic E-state index is -0.186. The number of aryl methyl sites for hydroxylation is 1. The molecular formula is C10H15N3O3. The zero-order valence-electron chi connectivity index (χ0n) is 9.47. The molecule has 0 saturated carbocycles. The Hall–Kier alpha value is -1.43. The molecule has 0 bridgehead atoms. The lowest BCUT2D eigenvalue weighted by atomic mass is 10.2. The maximum atomic E-state index is 11.5. The summed E-state index contributed by atoms with van der Waals surface area (Å²) in [6.45, 7) is 3.13. The molecule has 16 heavy (non-hydrogen) atoms. The van der Waals surface area contributed by atoms with Crippen LogP contribution in [0.2, 0.25) is 0 Å². The number of esters is 1. The highest BCUT2D eigenvalue weighted by molar-refractivity contribution is 5.75. The molecule has 0 aliphatic carbocycles. The molecule has 1 atom stereocenters. The second kappa shape index (κ2) is 4.61. The quantitative estimate of drug-likeness (QED) is 0.698. The van der Waals surface area contributed by atoms with Crippen LogP contribution < -0.4 is 0 Å². The largest absolute Gasteiger partial charge is 0.468 e. The van der Waals surface area contributed by atoms with Crippen LogP contribution in [-0.2, 0) is 16.1 Å². The van der Waals surface area contributed by atoms with E-state index in [0.717, 1.165) is 19.4 Å². The van der Waals surface area contributed by atoms with E-state index in [1.165, 1.54) is 7.11 Å². The minimum absolute atomic E-state index is 0.169. The second-order valence-corrected chi connectivity index (χ2v) is 3.87. The van der Waals surface area contributed by atoms with Gasteiger partial charge >= 0.3 is 5.97 Å². The summed E-state index contributed by atoms with van der Waals surface area (Å²) in [5.41, 5.74) is 0. The lowest BCUT2D eigenvalue weighted by Gasteiger charge is -2.20. The Labute approximate surface area is 93.6 Å². The summed E-state index contributed by atoms with van der Waals surface area (Å²) in [6.07, 6.45) is 1.83. The van der Waals surface area contributed by atoms with Gasteiger partial charge < -0.3 is 9.15 Å². The molecule has 6 nitrogen and oxygen atoms in total. The van der Waals surface area contributed by atoms with Crippen LogP contribution in [0.1, 0.15) is 24.6 Å². The van der Waals surface area contributed by atoms with Gasteiger partial charge in [0.15, 0.2) is 0 Å². The molecule has 1 aromatic rings. The van der Waals surface area contributed by atoms with E-state index in [-0.39, 0.29) is 12.0 Å². The first-order chi connectivity index (χ1) is 7.70. The van der Waals surface area contributed by atoms with Gasteiger partial charge in [0.25, 0.3) is 0 Å². The predicted octanol–water partition coefficient (Wildman–Crippen LogP) is 0.515. The molecule has 88 valence electrons. The number of aromatic nitrogens is 2. The number of carbonyl (C=O) groups is 1.